The molecule has 1 aromatic heterocycles. The normalized spacial score (nSPS) is 10.3. The Morgan fingerprint density at radius 2 is 2.06 bits per heavy atom. The molecule has 1 heterocycles. The van der Waals surface area contributed by atoms with Crippen LogP contribution < -0.4 is 5.32 Å². The number of rotatable bonds is 4. The molecule has 0 saturated carbocycles. The van der Waals surface area contributed by atoms with Gasteiger partial charge in [0.25, 0.3) is 5.91 Å². The number of nitrogens with one attached hydrogen (secondary N) is 1. The maximum Gasteiger partial charge on any atom is 0.287 e. The highest BCUT2D eigenvalue weighted by molar-refractivity contribution is 6.16. The van der Waals surface area contributed by atoms with Crippen molar-refractivity contribution in [2.45, 2.75) is 12.4 Å². The quantitative estimate of drug-likeness (QED) is 0.836. The minimum Gasteiger partial charge on any atom is -0.508 e. The van der Waals surface area contributed by atoms with Crippen LogP contribution in [0.5, 0.6) is 5.75 Å². The third-order valence-electron chi connectivity index (χ3n) is 2.45. The van der Waals surface area contributed by atoms with Crippen LogP contribution in [0.15, 0.2) is 40.8 Å². The van der Waals surface area contributed by atoms with Crippen LogP contribution in [-0.2, 0) is 12.4 Å². The summed E-state index contributed by atoms with van der Waals surface area (Å²) in [5, 5.41) is 12.2. The average molecular weight is 266 g/mol. The number of amides is 1. The van der Waals surface area contributed by atoms with Crippen LogP contribution in [0.4, 0.5) is 0 Å². The summed E-state index contributed by atoms with van der Waals surface area (Å²) in [5.74, 6) is 0.797. The molecule has 0 aliphatic rings. The lowest BCUT2D eigenvalue weighted by Gasteiger charge is -2.05. The molecule has 0 fully saturated rings. The van der Waals surface area contributed by atoms with E-state index in [0.29, 0.717) is 11.3 Å². The van der Waals surface area contributed by atoms with Crippen LogP contribution in [0.3, 0.4) is 0 Å². The van der Waals surface area contributed by atoms with Gasteiger partial charge in [0.05, 0.1) is 5.88 Å². The minimum atomic E-state index is -0.338. The molecule has 0 radical (unpaired) electrons. The number of benzene rings is 1. The summed E-state index contributed by atoms with van der Waals surface area (Å²) < 4.78 is 5.21. The monoisotopic (exact) mass is 265 g/mol. The van der Waals surface area contributed by atoms with E-state index in [2.05, 4.69) is 5.32 Å². The number of para-hydroxylation sites is 1. The van der Waals surface area contributed by atoms with Gasteiger partial charge in [-0.2, -0.15) is 0 Å². The molecular weight excluding hydrogens is 254 g/mol. The first-order valence-corrected chi connectivity index (χ1v) is 5.94. The van der Waals surface area contributed by atoms with Crippen molar-refractivity contribution in [3.63, 3.8) is 0 Å². The van der Waals surface area contributed by atoms with E-state index in [9.17, 15) is 9.90 Å². The molecule has 5 heteroatoms. The highest BCUT2D eigenvalue weighted by Gasteiger charge is 2.11. The summed E-state index contributed by atoms with van der Waals surface area (Å²) in [7, 11) is 0. The number of hydrogen-bond donors (Lipinski definition) is 2. The molecule has 0 spiro atoms. The third-order valence-corrected chi connectivity index (χ3v) is 2.71. The molecule has 0 saturated heterocycles. The van der Waals surface area contributed by atoms with Crippen LogP contribution in [0.25, 0.3) is 0 Å². The standard InChI is InChI=1S/C13H12ClNO3/c14-7-10-5-6-12(18-10)13(17)15-8-9-3-1-2-4-11(9)16/h1-6,16H,7-8H2,(H,15,17). The second-order valence-corrected chi connectivity index (χ2v) is 3.98. The highest BCUT2D eigenvalue weighted by Crippen LogP contribution is 2.15. The van der Waals surface area contributed by atoms with Gasteiger partial charge in [0.1, 0.15) is 11.5 Å². The zero-order valence-electron chi connectivity index (χ0n) is 9.52. The minimum absolute atomic E-state index is 0.152. The number of phenols is 1. The maximum absolute atomic E-state index is 11.7. The molecule has 2 N–H and O–H groups in total. The van der Waals surface area contributed by atoms with Crippen LogP contribution in [-0.4, -0.2) is 11.0 Å². The molecule has 0 aliphatic carbocycles. The molecule has 0 bridgehead atoms. The van der Waals surface area contributed by atoms with Crippen molar-refractivity contribution >= 4 is 17.5 Å². The summed E-state index contributed by atoms with van der Waals surface area (Å²) in [4.78, 5) is 11.7. The largest absolute Gasteiger partial charge is 0.508 e. The molecule has 0 unspecified atom stereocenters. The summed E-state index contributed by atoms with van der Waals surface area (Å²) in [6.07, 6.45) is 0. The SMILES string of the molecule is O=C(NCc1ccccc1O)c1ccc(CCl)o1. The highest BCUT2D eigenvalue weighted by atomic mass is 35.5. The van der Waals surface area contributed by atoms with Gasteiger partial charge in [-0.25, -0.2) is 0 Å². The van der Waals surface area contributed by atoms with Crippen LogP contribution >= 0.6 is 11.6 Å². The predicted molar refractivity (Wildman–Crippen MR) is 67.5 cm³/mol. The maximum atomic E-state index is 11.7. The van der Waals surface area contributed by atoms with Crippen LogP contribution in [0.2, 0.25) is 0 Å². The lowest BCUT2D eigenvalue weighted by Crippen LogP contribution is -2.22. The number of aromatic hydroxyl groups is 1. The number of phenolic OH excluding ortho intramolecular Hbond substituents is 1. The number of furan rings is 1. The van der Waals surface area contributed by atoms with Gasteiger partial charge in [-0.05, 0) is 18.2 Å². The molecule has 0 atom stereocenters. The van der Waals surface area contributed by atoms with Gasteiger partial charge in [0, 0.05) is 12.1 Å². The first kappa shape index (κ1) is 12.5. The van der Waals surface area contributed by atoms with Gasteiger partial charge in [0.15, 0.2) is 5.76 Å². The second-order valence-electron chi connectivity index (χ2n) is 3.71. The number of hydrogen-bond acceptors (Lipinski definition) is 3. The molecule has 0 aliphatic heterocycles. The Hall–Kier alpha value is -1.94. The lowest BCUT2D eigenvalue weighted by atomic mass is 10.2. The molecule has 94 valence electrons. The predicted octanol–water partition coefficient (Wildman–Crippen LogP) is 2.65. The van der Waals surface area contributed by atoms with Gasteiger partial charge in [-0.3, -0.25) is 4.79 Å². The Morgan fingerprint density at radius 3 is 2.72 bits per heavy atom. The fraction of sp³-hybridized carbons (Fsp3) is 0.154. The van der Waals surface area contributed by atoms with E-state index < -0.39 is 0 Å². The van der Waals surface area contributed by atoms with Crippen molar-refractivity contribution in [1.29, 1.82) is 0 Å². The van der Waals surface area contributed by atoms with Crippen molar-refractivity contribution < 1.29 is 14.3 Å². The fourth-order valence-corrected chi connectivity index (χ4v) is 1.64. The Morgan fingerprint density at radius 1 is 1.28 bits per heavy atom. The Labute approximate surface area is 109 Å². The van der Waals surface area contributed by atoms with Gasteiger partial charge in [-0.1, -0.05) is 18.2 Å². The van der Waals surface area contributed by atoms with Gasteiger partial charge in [-0.15, -0.1) is 11.6 Å². The molecule has 4 nitrogen and oxygen atoms in total. The lowest BCUT2D eigenvalue weighted by molar-refractivity contribution is 0.0921. The molecule has 18 heavy (non-hydrogen) atoms. The summed E-state index contributed by atoms with van der Waals surface area (Å²) in [6.45, 7) is 0.239. The van der Waals surface area contributed by atoms with Crippen molar-refractivity contribution in [3.8, 4) is 5.75 Å². The Kier molecular flexibility index (Phi) is 3.89. The van der Waals surface area contributed by atoms with E-state index >= 15 is 0 Å². The average Bonchev–Trinajstić information content (AvgIpc) is 2.86. The Balaban J connectivity index is 1.98. The van der Waals surface area contributed by atoms with Crippen molar-refractivity contribution in [1.82, 2.24) is 5.32 Å². The third kappa shape index (κ3) is 2.84. The topological polar surface area (TPSA) is 62.5 Å². The van der Waals surface area contributed by atoms with Gasteiger partial charge < -0.3 is 14.8 Å². The first-order chi connectivity index (χ1) is 8.70. The van der Waals surface area contributed by atoms with Crippen molar-refractivity contribution in [2.24, 2.45) is 0 Å². The molecule has 1 aromatic carbocycles. The van der Waals surface area contributed by atoms with Crippen LogP contribution in [0.1, 0.15) is 21.9 Å². The number of carbonyl (C=O) groups is 1. The van der Waals surface area contributed by atoms with Crippen LogP contribution in [0, 0.1) is 0 Å². The molecule has 2 aromatic rings. The van der Waals surface area contributed by atoms with E-state index in [1.54, 1.807) is 36.4 Å². The number of halogens is 1. The van der Waals surface area contributed by atoms with E-state index in [0.717, 1.165) is 0 Å². The zero-order valence-corrected chi connectivity index (χ0v) is 10.3. The second kappa shape index (κ2) is 5.60. The van der Waals surface area contributed by atoms with E-state index in [4.69, 9.17) is 16.0 Å². The van der Waals surface area contributed by atoms with E-state index in [1.165, 1.54) is 0 Å². The van der Waals surface area contributed by atoms with E-state index in [1.807, 2.05) is 0 Å². The Bertz CT molecular complexity index is 551. The molecule has 1 amide bonds. The zero-order chi connectivity index (χ0) is 13.0. The smallest absolute Gasteiger partial charge is 0.287 e. The number of alkyl halides is 1. The summed E-state index contributed by atoms with van der Waals surface area (Å²) in [6, 6.07) is 10.0. The van der Waals surface area contributed by atoms with E-state index in [-0.39, 0.29) is 29.8 Å². The molecular formula is C13H12ClNO3. The summed E-state index contributed by atoms with van der Waals surface area (Å²) >= 11 is 5.58. The van der Waals surface area contributed by atoms with Crippen molar-refractivity contribution in [3.05, 3.63) is 53.5 Å². The molecule has 2 rings (SSSR count). The van der Waals surface area contributed by atoms with Crippen molar-refractivity contribution in [2.75, 3.05) is 0 Å². The number of carbonyl (C=O) groups excluding carboxylic acids is 1. The first-order valence-electron chi connectivity index (χ1n) is 5.40. The van der Waals surface area contributed by atoms with Gasteiger partial charge in [0.2, 0.25) is 0 Å². The summed E-state index contributed by atoms with van der Waals surface area (Å²) in [5.41, 5.74) is 0.648. The van der Waals surface area contributed by atoms with Gasteiger partial charge >= 0.3 is 0 Å². The fourth-order valence-electron chi connectivity index (χ4n) is 1.49.